The van der Waals surface area contributed by atoms with Crippen LogP contribution in [-0.2, 0) is 6.42 Å². The molecule has 5 aromatic rings. The Kier molecular flexibility index (Phi) is 8.39. The first-order valence-corrected chi connectivity index (χ1v) is 17.6. The number of unbranched alkanes of at least 4 members (excludes halogenated alkanes) is 3. The molecular weight excluding hydrogens is 621 g/mol. The molecule has 3 aromatic carbocycles. The number of fused-ring (bicyclic) bond motifs is 2. The van der Waals surface area contributed by atoms with Gasteiger partial charge in [0.1, 0.15) is 0 Å². The molecule has 2 aliphatic carbocycles. The molecule has 6 heteroatoms. The Morgan fingerprint density at radius 1 is 0.532 bits per heavy atom. The number of Topliss-reactive ketones (excluding diaryl/α,β-unsaturated/α-hetero) is 4. The summed E-state index contributed by atoms with van der Waals surface area (Å²) in [5.41, 5.74) is 4.36. The number of carbonyl (C=O) groups excluding carboxylic acids is 4. The maximum absolute atomic E-state index is 13.4. The monoisotopic (exact) mass is 652 g/mol. The van der Waals surface area contributed by atoms with Crippen LogP contribution in [0.1, 0.15) is 94.9 Å². The number of aryl methyl sites for hydroxylation is 2. The third-order valence-corrected chi connectivity index (χ3v) is 11.0. The second kappa shape index (κ2) is 12.8. The summed E-state index contributed by atoms with van der Waals surface area (Å²) in [5.74, 6) is -1.73. The van der Waals surface area contributed by atoms with E-state index in [0.717, 1.165) is 33.6 Å². The molecule has 0 unspecified atom stereocenters. The van der Waals surface area contributed by atoms with E-state index in [-0.39, 0.29) is 33.4 Å². The van der Waals surface area contributed by atoms with Gasteiger partial charge in [-0.15, -0.1) is 22.7 Å². The molecule has 232 valence electrons. The van der Waals surface area contributed by atoms with Gasteiger partial charge in [0.05, 0.1) is 11.1 Å². The molecule has 0 saturated heterocycles. The molecule has 0 radical (unpaired) electrons. The summed E-state index contributed by atoms with van der Waals surface area (Å²) in [7, 11) is 0. The number of thiophene rings is 2. The highest BCUT2D eigenvalue weighted by molar-refractivity contribution is 7.15. The van der Waals surface area contributed by atoms with Crippen molar-refractivity contribution in [2.24, 2.45) is 0 Å². The average molecular weight is 653 g/mol. The zero-order valence-electron chi connectivity index (χ0n) is 26.2. The van der Waals surface area contributed by atoms with Gasteiger partial charge >= 0.3 is 0 Å². The smallest absolute Gasteiger partial charge is 0.197 e. The van der Waals surface area contributed by atoms with Crippen molar-refractivity contribution in [3.8, 4) is 20.9 Å². The lowest BCUT2D eigenvalue weighted by Crippen LogP contribution is -2.02. The number of hydrogen-bond donors (Lipinski definition) is 0. The fourth-order valence-electron chi connectivity index (χ4n) is 6.20. The Labute approximate surface area is 282 Å². The molecule has 0 saturated carbocycles. The molecule has 7 rings (SSSR count). The summed E-state index contributed by atoms with van der Waals surface area (Å²) >= 11 is 3.51. The van der Waals surface area contributed by atoms with E-state index in [9.17, 15) is 19.2 Å². The van der Waals surface area contributed by atoms with Crippen LogP contribution in [0.25, 0.3) is 33.0 Å². The van der Waals surface area contributed by atoms with E-state index in [0.29, 0.717) is 0 Å². The molecular formula is C41H32O4S2. The summed E-state index contributed by atoms with van der Waals surface area (Å²) in [5, 5.41) is 0. The van der Waals surface area contributed by atoms with Gasteiger partial charge < -0.3 is 0 Å². The van der Waals surface area contributed by atoms with Crippen LogP contribution in [-0.4, -0.2) is 23.1 Å². The van der Waals surface area contributed by atoms with Gasteiger partial charge in [-0.1, -0.05) is 74.7 Å². The molecule has 0 atom stereocenters. The number of benzene rings is 3. The summed E-state index contributed by atoms with van der Waals surface area (Å²) in [6.07, 6.45) is 9.25. The number of ketones is 4. The number of carbonyl (C=O) groups is 4. The first-order chi connectivity index (χ1) is 22.8. The summed E-state index contributed by atoms with van der Waals surface area (Å²) in [6.45, 7) is 4.28. The first kappa shape index (κ1) is 30.9. The Hall–Kier alpha value is -4.78. The lowest BCUT2D eigenvalue weighted by molar-refractivity contribution is 0.0978. The largest absolute Gasteiger partial charge is 0.288 e. The van der Waals surface area contributed by atoms with Crippen LogP contribution in [0, 0.1) is 6.92 Å². The Balaban J connectivity index is 1.08. The average Bonchev–Trinajstić information content (AvgIpc) is 3.84. The van der Waals surface area contributed by atoms with Crippen LogP contribution < -0.4 is 0 Å². The van der Waals surface area contributed by atoms with E-state index >= 15 is 0 Å². The molecule has 4 nitrogen and oxygen atoms in total. The van der Waals surface area contributed by atoms with Crippen molar-refractivity contribution in [3.63, 3.8) is 0 Å². The van der Waals surface area contributed by atoms with Gasteiger partial charge in [-0.25, -0.2) is 0 Å². The highest BCUT2D eigenvalue weighted by Crippen LogP contribution is 2.37. The molecule has 0 bridgehead atoms. The van der Waals surface area contributed by atoms with Crippen molar-refractivity contribution in [2.45, 2.75) is 46.0 Å². The van der Waals surface area contributed by atoms with Crippen molar-refractivity contribution >= 4 is 58.0 Å². The molecule has 0 N–H and O–H groups in total. The quantitative estimate of drug-likeness (QED) is 0.0903. The molecule has 2 aliphatic rings. The first-order valence-electron chi connectivity index (χ1n) is 16.0. The molecule has 0 fully saturated rings. The minimum atomic E-state index is -0.434. The Bertz CT molecular complexity index is 2080. The van der Waals surface area contributed by atoms with Gasteiger partial charge in [0.25, 0.3) is 0 Å². The van der Waals surface area contributed by atoms with Crippen LogP contribution in [0.4, 0.5) is 0 Å². The second-order valence-electron chi connectivity index (χ2n) is 12.1. The molecule has 2 heterocycles. The van der Waals surface area contributed by atoms with Gasteiger partial charge in [0.2, 0.25) is 0 Å². The van der Waals surface area contributed by atoms with Gasteiger partial charge in [-0.3, -0.25) is 19.2 Å². The van der Waals surface area contributed by atoms with E-state index in [1.165, 1.54) is 52.4 Å². The van der Waals surface area contributed by atoms with E-state index in [4.69, 9.17) is 0 Å². The fourth-order valence-corrected chi connectivity index (χ4v) is 8.13. The Morgan fingerprint density at radius 3 is 1.45 bits per heavy atom. The predicted octanol–water partition coefficient (Wildman–Crippen LogP) is 10.5. The third-order valence-electron chi connectivity index (χ3n) is 8.81. The van der Waals surface area contributed by atoms with Gasteiger partial charge in [0.15, 0.2) is 23.1 Å². The van der Waals surface area contributed by atoms with Crippen molar-refractivity contribution < 1.29 is 19.2 Å². The van der Waals surface area contributed by atoms with Crippen molar-refractivity contribution in [2.75, 3.05) is 0 Å². The van der Waals surface area contributed by atoms with Gasteiger partial charge in [-0.05, 0) is 90.6 Å². The maximum Gasteiger partial charge on any atom is 0.197 e. The lowest BCUT2D eigenvalue weighted by Gasteiger charge is -2.01. The SMILES string of the molecule is CCCCCCc1ccc(-c2ccc(C=C3C(=O)c4cc5c(cc4C3=O)C(=O)C(=Cc3ccc(-c4ccc(C)s4)cc3)C5=O)cc2)s1. The minimum absolute atomic E-state index is 0.0356. The highest BCUT2D eigenvalue weighted by Gasteiger charge is 2.40. The maximum atomic E-state index is 13.4. The van der Waals surface area contributed by atoms with Crippen LogP contribution in [0.5, 0.6) is 0 Å². The van der Waals surface area contributed by atoms with Crippen LogP contribution in [0.3, 0.4) is 0 Å². The highest BCUT2D eigenvalue weighted by atomic mass is 32.1. The van der Waals surface area contributed by atoms with E-state index in [1.807, 2.05) is 48.5 Å². The zero-order valence-corrected chi connectivity index (χ0v) is 27.9. The summed E-state index contributed by atoms with van der Waals surface area (Å²) in [6, 6.07) is 26.9. The van der Waals surface area contributed by atoms with Gasteiger partial charge in [0, 0.05) is 41.8 Å². The lowest BCUT2D eigenvalue weighted by atomic mass is 10.0. The zero-order chi connectivity index (χ0) is 32.7. The molecule has 0 amide bonds. The molecule has 0 spiro atoms. The Morgan fingerprint density at radius 2 is 1.00 bits per heavy atom. The molecule has 2 aromatic heterocycles. The van der Waals surface area contributed by atoms with Crippen molar-refractivity contribution in [3.05, 3.63) is 139 Å². The topological polar surface area (TPSA) is 68.3 Å². The standard InChI is InChI=1S/C41H32O4S2/c1-3-4-5-6-7-29-17-19-37(47-29)28-15-11-26(12-16-28)21-35-40(44)32-22-30-31(23-33(32)41(35)45)39(43)34(38(30)42)20-25-9-13-27(14-10-25)36-18-8-24(2)46-36/h8-23H,3-7H2,1-2H3. The predicted molar refractivity (Wildman–Crippen MR) is 192 cm³/mol. The summed E-state index contributed by atoms with van der Waals surface area (Å²) < 4.78 is 0. The van der Waals surface area contributed by atoms with Crippen LogP contribution >= 0.6 is 22.7 Å². The molecule has 47 heavy (non-hydrogen) atoms. The van der Waals surface area contributed by atoms with Crippen molar-refractivity contribution in [1.82, 2.24) is 0 Å². The third kappa shape index (κ3) is 5.95. The fraction of sp³-hybridized carbons (Fsp3) is 0.171. The van der Waals surface area contributed by atoms with Crippen LogP contribution in [0.15, 0.2) is 96.1 Å². The number of hydrogen-bond acceptors (Lipinski definition) is 6. The van der Waals surface area contributed by atoms with Crippen molar-refractivity contribution in [1.29, 1.82) is 0 Å². The van der Waals surface area contributed by atoms with E-state index in [1.54, 1.807) is 34.8 Å². The summed E-state index contributed by atoms with van der Waals surface area (Å²) in [4.78, 5) is 58.6. The number of allylic oxidation sites excluding steroid dienone is 2. The van der Waals surface area contributed by atoms with E-state index in [2.05, 4.69) is 38.1 Å². The minimum Gasteiger partial charge on any atom is -0.288 e. The second-order valence-corrected chi connectivity index (χ2v) is 14.6. The number of rotatable bonds is 9. The normalized spacial score (nSPS) is 13.8. The van der Waals surface area contributed by atoms with Crippen LogP contribution in [0.2, 0.25) is 0 Å². The molecule has 0 aliphatic heterocycles. The van der Waals surface area contributed by atoms with Gasteiger partial charge in [-0.2, -0.15) is 0 Å². The van der Waals surface area contributed by atoms with E-state index < -0.39 is 23.1 Å².